The summed E-state index contributed by atoms with van der Waals surface area (Å²) in [5.74, 6) is -0.905. The zero-order valence-electron chi connectivity index (χ0n) is 24.5. The van der Waals surface area contributed by atoms with Crippen LogP contribution in [0.2, 0.25) is 0 Å². The van der Waals surface area contributed by atoms with Crippen LogP contribution in [0.1, 0.15) is 90.4 Å². The Morgan fingerprint density at radius 2 is 1.63 bits per heavy atom. The topological polar surface area (TPSA) is 148 Å². The van der Waals surface area contributed by atoms with Gasteiger partial charge < -0.3 is 30.9 Å². The third-order valence-electron chi connectivity index (χ3n) is 9.22. The minimum absolute atomic E-state index is 0.0732. The third kappa shape index (κ3) is 10.5. The van der Waals surface area contributed by atoms with Gasteiger partial charge in [0.2, 0.25) is 18.2 Å². The highest BCUT2D eigenvalue weighted by molar-refractivity contribution is 5.80. The van der Waals surface area contributed by atoms with Crippen LogP contribution in [-0.2, 0) is 19.2 Å². The van der Waals surface area contributed by atoms with Crippen LogP contribution in [0.5, 0.6) is 0 Å². The summed E-state index contributed by atoms with van der Waals surface area (Å²) in [5.41, 5.74) is 0. The van der Waals surface area contributed by atoms with Crippen molar-refractivity contribution in [1.29, 1.82) is 0 Å². The number of likely N-dealkylation sites (N-methyl/N-ethyl adjacent to an activating group) is 1. The van der Waals surface area contributed by atoms with Gasteiger partial charge in [-0.2, -0.15) is 0 Å². The van der Waals surface area contributed by atoms with Gasteiger partial charge in [0.1, 0.15) is 6.17 Å². The van der Waals surface area contributed by atoms with Gasteiger partial charge in [-0.15, -0.1) is 0 Å². The molecule has 5 unspecified atom stereocenters. The number of hydrogen-bond acceptors (Lipinski definition) is 5. The van der Waals surface area contributed by atoms with Crippen molar-refractivity contribution in [3.8, 4) is 0 Å². The smallest absolute Gasteiger partial charge is 0.315 e. The van der Waals surface area contributed by atoms with E-state index in [1.807, 2.05) is 0 Å². The summed E-state index contributed by atoms with van der Waals surface area (Å²) < 4.78 is 15.0. The van der Waals surface area contributed by atoms with E-state index in [1.165, 1.54) is 11.3 Å². The van der Waals surface area contributed by atoms with Crippen LogP contribution in [0.15, 0.2) is 0 Å². The van der Waals surface area contributed by atoms with Crippen molar-refractivity contribution in [3.63, 3.8) is 0 Å². The lowest BCUT2D eigenvalue weighted by atomic mass is 9.83. The number of amides is 5. The first-order valence-electron chi connectivity index (χ1n) is 15.2. The highest BCUT2D eigenvalue weighted by Gasteiger charge is 2.35. The highest BCUT2D eigenvalue weighted by Crippen LogP contribution is 2.29. The van der Waals surface area contributed by atoms with Crippen LogP contribution in [0.25, 0.3) is 0 Å². The zero-order valence-corrected chi connectivity index (χ0v) is 24.5. The molecule has 4 N–H and O–H groups in total. The van der Waals surface area contributed by atoms with Gasteiger partial charge in [-0.3, -0.25) is 19.2 Å². The van der Waals surface area contributed by atoms with Gasteiger partial charge in [0.15, 0.2) is 0 Å². The Hall–Kier alpha value is -2.92. The van der Waals surface area contributed by atoms with Gasteiger partial charge in [0, 0.05) is 44.6 Å². The number of alkyl halides is 1. The summed E-state index contributed by atoms with van der Waals surface area (Å²) in [7, 11) is 1.56. The van der Waals surface area contributed by atoms with Gasteiger partial charge in [-0.1, -0.05) is 19.8 Å². The largest absolute Gasteiger partial charge is 0.481 e. The van der Waals surface area contributed by atoms with Gasteiger partial charge in [-0.25, -0.2) is 9.18 Å². The molecule has 232 valence electrons. The summed E-state index contributed by atoms with van der Waals surface area (Å²) in [6, 6.07) is -0.717. The first-order chi connectivity index (χ1) is 19.5. The Bertz CT molecular complexity index is 914. The van der Waals surface area contributed by atoms with Crippen molar-refractivity contribution >= 4 is 30.2 Å². The molecule has 3 saturated carbocycles. The molecule has 0 aromatic heterocycles. The number of carbonyl (C=O) groups excluding carboxylic acids is 4. The van der Waals surface area contributed by atoms with E-state index in [9.17, 15) is 24.0 Å². The second kappa shape index (κ2) is 15.9. The molecule has 0 aromatic carbocycles. The molecule has 3 fully saturated rings. The fourth-order valence-electron chi connectivity index (χ4n) is 6.47. The molecule has 41 heavy (non-hydrogen) atoms. The SMILES string of the molecule is CC1CCCCC1NC(=O)NC1CCC(CC(=O)NC2CCC(N(C)C(=O)CN(C=O)CCC(=O)O)CC2F)CC1. The van der Waals surface area contributed by atoms with Crippen molar-refractivity contribution in [3.05, 3.63) is 0 Å². The number of nitrogens with zero attached hydrogens (tertiary/aromatic N) is 2. The van der Waals surface area contributed by atoms with Crippen molar-refractivity contribution in [2.75, 3.05) is 20.1 Å². The molecule has 3 rings (SSSR count). The number of rotatable bonds is 12. The van der Waals surface area contributed by atoms with Crippen LogP contribution in [-0.4, -0.2) is 95.6 Å². The maximum Gasteiger partial charge on any atom is 0.315 e. The maximum absolute atomic E-state index is 15.0. The molecule has 0 aromatic rings. The molecule has 0 saturated heterocycles. The van der Waals surface area contributed by atoms with Crippen LogP contribution in [0.3, 0.4) is 0 Å². The average molecular weight is 582 g/mol. The van der Waals surface area contributed by atoms with Crippen molar-refractivity contribution in [2.45, 2.75) is 121 Å². The van der Waals surface area contributed by atoms with Crippen molar-refractivity contribution in [1.82, 2.24) is 25.8 Å². The van der Waals surface area contributed by atoms with Crippen LogP contribution in [0.4, 0.5) is 9.18 Å². The number of nitrogens with one attached hydrogen (secondary N) is 3. The molecule has 0 spiro atoms. The van der Waals surface area contributed by atoms with Gasteiger partial charge in [-0.05, 0) is 63.2 Å². The molecule has 11 nitrogen and oxygen atoms in total. The van der Waals surface area contributed by atoms with Crippen LogP contribution >= 0.6 is 0 Å². The lowest BCUT2D eigenvalue weighted by Crippen LogP contribution is -2.52. The number of halogens is 1. The third-order valence-corrected chi connectivity index (χ3v) is 9.22. The van der Waals surface area contributed by atoms with E-state index in [1.54, 1.807) is 7.05 Å². The summed E-state index contributed by atoms with van der Waals surface area (Å²) in [4.78, 5) is 62.2. The number of aliphatic carboxylic acids is 1. The Balaban J connectivity index is 1.34. The summed E-state index contributed by atoms with van der Waals surface area (Å²) in [6.07, 6.45) is 8.09. The first kappa shape index (κ1) is 32.6. The van der Waals surface area contributed by atoms with Crippen molar-refractivity contribution < 1.29 is 33.5 Å². The van der Waals surface area contributed by atoms with E-state index >= 15 is 4.39 Å². The molecule has 3 aliphatic rings. The number of carboxylic acid groups (broad SMARTS) is 1. The van der Waals surface area contributed by atoms with E-state index in [0.717, 1.165) is 49.8 Å². The Morgan fingerprint density at radius 3 is 2.27 bits per heavy atom. The minimum atomic E-state index is -1.30. The van der Waals surface area contributed by atoms with Crippen LogP contribution in [0, 0.1) is 11.8 Å². The van der Waals surface area contributed by atoms with Gasteiger partial charge in [0.25, 0.3) is 0 Å². The molecule has 0 aliphatic heterocycles. The molecule has 5 amide bonds. The lowest BCUT2D eigenvalue weighted by Gasteiger charge is -2.37. The summed E-state index contributed by atoms with van der Waals surface area (Å²) in [5, 5.41) is 17.9. The fraction of sp³-hybridized carbons (Fsp3) is 0.828. The van der Waals surface area contributed by atoms with E-state index in [4.69, 9.17) is 5.11 Å². The number of urea groups is 1. The van der Waals surface area contributed by atoms with E-state index in [2.05, 4.69) is 22.9 Å². The molecule has 0 bridgehead atoms. The first-order valence-corrected chi connectivity index (χ1v) is 15.2. The number of hydrogen-bond donors (Lipinski definition) is 4. The lowest BCUT2D eigenvalue weighted by molar-refractivity contribution is -0.140. The molecule has 0 radical (unpaired) electrons. The van der Waals surface area contributed by atoms with Crippen LogP contribution < -0.4 is 16.0 Å². The fourth-order valence-corrected chi connectivity index (χ4v) is 6.47. The summed E-state index contributed by atoms with van der Waals surface area (Å²) >= 11 is 0. The van der Waals surface area contributed by atoms with E-state index < -0.39 is 18.2 Å². The molecule has 3 aliphatic carbocycles. The molecule has 12 heteroatoms. The second-order valence-electron chi connectivity index (χ2n) is 12.3. The average Bonchev–Trinajstić information content (AvgIpc) is 2.93. The van der Waals surface area contributed by atoms with Crippen molar-refractivity contribution in [2.24, 2.45) is 11.8 Å². The standard InChI is InChI=1S/C29H48FN5O6/c1-19-5-3-4-6-24(19)33-29(41)31-21-9-7-20(8-10-21)15-26(37)32-25-12-11-22(16-23(25)30)34(2)27(38)17-35(18-36)14-13-28(39)40/h18-25H,3-17H2,1-2H3,(H,32,37)(H,39,40)(H2,31,33,41). The predicted octanol–water partition coefficient (Wildman–Crippen LogP) is 2.58. The maximum atomic E-state index is 15.0. The monoisotopic (exact) mass is 581 g/mol. The number of carbonyl (C=O) groups is 5. The van der Waals surface area contributed by atoms with Gasteiger partial charge in [0.05, 0.1) is 19.0 Å². The molecular weight excluding hydrogens is 533 g/mol. The Kier molecular flexibility index (Phi) is 12.6. The zero-order chi connectivity index (χ0) is 29.9. The summed E-state index contributed by atoms with van der Waals surface area (Å²) in [6.45, 7) is 1.86. The number of carboxylic acids is 1. The predicted molar refractivity (Wildman–Crippen MR) is 151 cm³/mol. The highest BCUT2D eigenvalue weighted by atomic mass is 19.1. The Morgan fingerprint density at radius 1 is 0.927 bits per heavy atom. The molecular formula is C29H48FN5O6. The van der Waals surface area contributed by atoms with E-state index in [-0.39, 0.29) is 67.8 Å². The second-order valence-corrected chi connectivity index (χ2v) is 12.3. The molecule has 5 atom stereocenters. The molecule has 0 heterocycles. The van der Waals surface area contributed by atoms with Gasteiger partial charge >= 0.3 is 12.0 Å². The normalized spacial score (nSPS) is 30.0. The Labute approximate surface area is 242 Å². The van der Waals surface area contributed by atoms with E-state index in [0.29, 0.717) is 31.6 Å². The quantitative estimate of drug-likeness (QED) is 0.261. The minimum Gasteiger partial charge on any atom is -0.481 e.